The highest BCUT2D eigenvalue weighted by molar-refractivity contribution is 5.82. The number of likely N-dealkylation sites (N-methyl/N-ethyl adjacent to an activating group) is 1. The highest BCUT2D eigenvalue weighted by atomic mass is 16.4. The molecule has 7 heteroatoms. The molecule has 0 spiro atoms. The number of hydrogen-bond donors (Lipinski definition) is 1. The molecule has 1 fully saturated rings. The highest BCUT2D eigenvalue weighted by Gasteiger charge is 2.31. The second-order valence-electron chi connectivity index (χ2n) is 3.82. The third-order valence-electron chi connectivity index (χ3n) is 2.61. The largest absolute Gasteiger partial charge is 0.481 e. The molecule has 1 N–H and O–H groups in total. The number of aromatic nitrogens is 3. The summed E-state index contributed by atoms with van der Waals surface area (Å²) < 4.78 is 1.45. The number of likely N-dealkylation sites (tertiary alicyclic amines) is 1. The third kappa shape index (κ3) is 1.88. The van der Waals surface area contributed by atoms with Crippen LogP contribution in [-0.4, -0.2) is 50.5 Å². The molecule has 0 aliphatic carbocycles. The topological polar surface area (TPSA) is 88.3 Å². The Morgan fingerprint density at radius 1 is 1.69 bits per heavy atom. The van der Waals surface area contributed by atoms with Gasteiger partial charge in [0, 0.05) is 19.8 Å². The van der Waals surface area contributed by atoms with E-state index in [1.54, 1.807) is 11.9 Å². The van der Waals surface area contributed by atoms with E-state index in [4.69, 9.17) is 5.11 Å². The van der Waals surface area contributed by atoms with Crippen molar-refractivity contribution in [3.05, 3.63) is 11.9 Å². The predicted octanol–water partition coefficient (Wildman–Crippen LogP) is -0.692. The van der Waals surface area contributed by atoms with E-state index in [0.717, 1.165) is 0 Å². The molecule has 0 aromatic carbocycles. The van der Waals surface area contributed by atoms with E-state index in [-0.39, 0.29) is 18.4 Å². The van der Waals surface area contributed by atoms with E-state index < -0.39 is 5.97 Å². The molecule has 86 valence electrons. The van der Waals surface area contributed by atoms with Crippen molar-refractivity contribution in [2.75, 3.05) is 13.6 Å². The Morgan fingerprint density at radius 3 is 3.00 bits per heavy atom. The van der Waals surface area contributed by atoms with Gasteiger partial charge in [-0.3, -0.25) is 9.59 Å². The Balaban J connectivity index is 2.13. The predicted molar refractivity (Wildman–Crippen MR) is 52.7 cm³/mol. The van der Waals surface area contributed by atoms with Crippen molar-refractivity contribution in [1.82, 2.24) is 19.9 Å². The lowest BCUT2D eigenvalue weighted by atomic mass is 10.2. The van der Waals surface area contributed by atoms with Gasteiger partial charge >= 0.3 is 5.97 Å². The van der Waals surface area contributed by atoms with Gasteiger partial charge in [-0.2, -0.15) is 0 Å². The fourth-order valence-corrected chi connectivity index (χ4v) is 1.75. The normalized spacial score (nSPS) is 20.4. The number of aliphatic carboxylic acids is 1. The van der Waals surface area contributed by atoms with Crippen LogP contribution in [0.4, 0.5) is 0 Å². The van der Waals surface area contributed by atoms with Gasteiger partial charge in [0.15, 0.2) is 0 Å². The van der Waals surface area contributed by atoms with Crippen LogP contribution in [0.2, 0.25) is 0 Å². The van der Waals surface area contributed by atoms with Gasteiger partial charge in [-0.05, 0) is 6.42 Å². The van der Waals surface area contributed by atoms with Crippen molar-refractivity contribution in [2.24, 2.45) is 0 Å². The Hall–Kier alpha value is -1.92. The quantitative estimate of drug-likeness (QED) is 0.734. The van der Waals surface area contributed by atoms with Gasteiger partial charge in [-0.1, -0.05) is 5.21 Å². The summed E-state index contributed by atoms with van der Waals surface area (Å²) >= 11 is 0. The van der Waals surface area contributed by atoms with Gasteiger partial charge in [0.25, 0.3) is 0 Å². The van der Waals surface area contributed by atoms with Crippen molar-refractivity contribution in [1.29, 1.82) is 0 Å². The summed E-state index contributed by atoms with van der Waals surface area (Å²) in [5.74, 6) is -0.964. The van der Waals surface area contributed by atoms with Gasteiger partial charge < -0.3 is 10.0 Å². The van der Waals surface area contributed by atoms with Crippen LogP contribution in [0.3, 0.4) is 0 Å². The number of carboxylic acids is 1. The first-order chi connectivity index (χ1) is 7.58. The van der Waals surface area contributed by atoms with Gasteiger partial charge in [0.05, 0.1) is 12.1 Å². The van der Waals surface area contributed by atoms with Gasteiger partial charge in [0.1, 0.15) is 6.04 Å². The van der Waals surface area contributed by atoms with Crippen LogP contribution in [-0.2, 0) is 16.0 Å². The van der Waals surface area contributed by atoms with E-state index in [1.807, 2.05) is 0 Å². The van der Waals surface area contributed by atoms with E-state index in [0.29, 0.717) is 18.7 Å². The molecule has 0 radical (unpaired) electrons. The molecule has 1 atom stereocenters. The SMILES string of the molecule is CN1CCC(n2cc(CC(=O)O)nn2)C1=O. The van der Waals surface area contributed by atoms with Crippen molar-refractivity contribution < 1.29 is 14.7 Å². The van der Waals surface area contributed by atoms with E-state index in [9.17, 15) is 9.59 Å². The molecule has 1 aliphatic rings. The summed E-state index contributed by atoms with van der Waals surface area (Å²) in [6.07, 6.45) is 2.04. The first kappa shape index (κ1) is 10.6. The van der Waals surface area contributed by atoms with Crippen molar-refractivity contribution in [3.8, 4) is 0 Å². The van der Waals surface area contributed by atoms with Crippen LogP contribution in [0, 0.1) is 0 Å². The number of carbonyl (C=O) groups is 2. The molecular formula is C9H12N4O3. The van der Waals surface area contributed by atoms with Crippen LogP contribution in [0.25, 0.3) is 0 Å². The molecular weight excluding hydrogens is 212 g/mol. The smallest absolute Gasteiger partial charge is 0.309 e. The number of carbonyl (C=O) groups excluding carboxylic acids is 1. The number of rotatable bonds is 3. The fourth-order valence-electron chi connectivity index (χ4n) is 1.75. The summed E-state index contributed by atoms with van der Waals surface area (Å²) in [6.45, 7) is 0.692. The summed E-state index contributed by atoms with van der Waals surface area (Å²) in [7, 11) is 1.73. The molecule has 0 bridgehead atoms. The Bertz CT molecular complexity index is 428. The lowest BCUT2D eigenvalue weighted by Gasteiger charge is -2.09. The third-order valence-corrected chi connectivity index (χ3v) is 2.61. The van der Waals surface area contributed by atoms with E-state index in [1.165, 1.54) is 10.9 Å². The monoisotopic (exact) mass is 224 g/mol. The minimum Gasteiger partial charge on any atom is -0.481 e. The first-order valence-corrected chi connectivity index (χ1v) is 4.95. The number of nitrogens with zero attached hydrogens (tertiary/aromatic N) is 4. The van der Waals surface area contributed by atoms with Crippen LogP contribution in [0.15, 0.2) is 6.20 Å². The molecule has 16 heavy (non-hydrogen) atoms. The zero-order chi connectivity index (χ0) is 11.7. The molecule has 0 saturated carbocycles. The minimum atomic E-state index is -0.957. The van der Waals surface area contributed by atoms with Crippen LogP contribution < -0.4 is 0 Å². The molecule has 1 unspecified atom stereocenters. The number of amides is 1. The van der Waals surface area contributed by atoms with Crippen LogP contribution in [0.1, 0.15) is 18.2 Å². The van der Waals surface area contributed by atoms with Gasteiger partial charge in [-0.15, -0.1) is 5.10 Å². The summed E-state index contributed by atoms with van der Waals surface area (Å²) in [5.41, 5.74) is 0.370. The zero-order valence-electron chi connectivity index (χ0n) is 8.83. The van der Waals surface area contributed by atoms with Crippen molar-refractivity contribution in [3.63, 3.8) is 0 Å². The van der Waals surface area contributed by atoms with Gasteiger partial charge in [-0.25, -0.2) is 4.68 Å². The second-order valence-corrected chi connectivity index (χ2v) is 3.82. The number of carboxylic acid groups (broad SMARTS) is 1. The Morgan fingerprint density at radius 2 is 2.44 bits per heavy atom. The standard InChI is InChI=1S/C9H12N4O3/c1-12-3-2-7(9(12)16)13-5-6(10-11-13)4-8(14)15/h5,7H,2-4H2,1H3,(H,14,15). The minimum absolute atomic E-state index is 0.00762. The maximum atomic E-state index is 11.7. The van der Waals surface area contributed by atoms with Gasteiger partial charge in [0.2, 0.25) is 5.91 Å². The summed E-state index contributed by atoms with van der Waals surface area (Å²) in [4.78, 5) is 23.7. The molecule has 1 saturated heterocycles. The molecule has 1 aliphatic heterocycles. The molecule has 7 nitrogen and oxygen atoms in total. The maximum Gasteiger partial charge on any atom is 0.309 e. The summed E-state index contributed by atoms with van der Waals surface area (Å²) in [6, 6.07) is -0.333. The molecule has 2 heterocycles. The maximum absolute atomic E-state index is 11.7. The number of hydrogen-bond acceptors (Lipinski definition) is 4. The molecule has 2 rings (SSSR count). The Labute approximate surface area is 91.7 Å². The van der Waals surface area contributed by atoms with Crippen LogP contribution in [0.5, 0.6) is 0 Å². The summed E-state index contributed by atoms with van der Waals surface area (Å²) in [5, 5.41) is 16.1. The van der Waals surface area contributed by atoms with E-state index >= 15 is 0 Å². The highest BCUT2D eigenvalue weighted by Crippen LogP contribution is 2.20. The van der Waals surface area contributed by atoms with Crippen molar-refractivity contribution in [2.45, 2.75) is 18.9 Å². The molecule has 1 amide bonds. The van der Waals surface area contributed by atoms with Crippen LogP contribution >= 0.6 is 0 Å². The molecule has 1 aromatic rings. The lowest BCUT2D eigenvalue weighted by molar-refractivity contribution is -0.136. The first-order valence-electron chi connectivity index (χ1n) is 4.95. The zero-order valence-corrected chi connectivity index (χ0v) is 8.83. The average molecular weight is 224 g/mol. The van der Waals surface area contributed by atoms with Crippen molar-refractivity contribution >= 4 is 11.9 Å². The Kier molecular flexibility index (Phi) is 2.59. The average Bonchev–Trinajstić information content (AvgIpc) is 2.75. The van der Waals surface area contributed by atoms with E-state index in [2.05, 4.69) is 10.3 Å². The second kappa shape index (κ2) is 3.92. The fraction of sp³-hybridized carbons (Fsp3) is 0.556. The molecule has 1 aromatic heterocycles. The lowest BCUT2D eigenvalue weighted by Crippen LogP contribution is -2.24.